The summed E-state index contributed by atoms with van der Waals surface area (Å²) in [7, 11) is -3.64. The molecule has 2 aromatic carbocycles. The summed E-state index contributed by atoms with van der Waals surface area (Å²) in [5, 5.41) is 2.77. The van der Waals surface area contributed by atoms with Gasteiger partial charge in [0.05, 0.1) is 16.7 Å². The third-order valence-electron chi connectivity index (χ3n) is 5.30. The Morgan fingerprint density at radius 2 is 1.72 bits per heavy atom. The van der Waals surface area contributed by atoms with E-state index in [2.05, 4.69) is 5.32 Å². The molecule has 1 N–H and O–H groups in total. The van der Waals surface area contributed by atoms with Crippen LogP contribution in [0.1, 0.15) is 44.2 Å². The van der Waals surface area contributed by atoms with Gasteiger partial charge in [-0.15, -0.1) is 0 Å². The minimum absolute atomic E-state index is 0.138. The van der Waals surface area contributed by atoms with Crippen molar-refractivity contribution in [2.45, 2.75) is 58.0 Å². The summed E-state index contributed by atoms with van der Waals surface area (Å²) < 4.78 is 39.2. The average molecular weight is 461 g/mol. The molecule has 174 valence electrons. The highest BCUT2D eigenvalue weighted by Crippen LogP contribution is 2.31. The van der Waals surface area contributed by atoms with Gasteiger partial charge in [-0.05, 0) is 69.9 Å². The lowest BCUT2D eigenvalue weighted by molar-refractivity contribution is -0.118. The molecule has 1 aliphatic rings. The molecule has 1 heterocycles. The van der Waals surface area contributed by atoms with Gasteiger partial charge in [-0.25, -0.2) is 8.42 Å². The lowest BCUT2D eigenvalue weighted by Crippen LogP contribution is -2.35. The van der Waals surface area contributed by atoms with Crippen LogP contribution in [-0.2, 0) is 14.8 Å². The minimum Gasteiger partial charge on any atom is -0.489 e. The molecular weight excluding hydrogens is 428 g/mol. The number of amides is 1. The van der Waals surface area contributed by atoms with Crippen molar-refractivity contribution < 1.29 is 22.7 Å². The number of nitrogens with zero attached hydrogens (tertiary/aromatic N) is 1. The normalized spacial score (nSPS) is 14.9. The molecule has 3 rings (SSSR count). The van der Waals surface area contributed by atoms with Crippen LogP contribution in [0.25, 0.3) is 0 Å². The summed E-state index contributed by atoms with van der Waals surface area (Å²) in [5.74, 6) is 0.689. The highest BCUT2D eigenvalue weighted by molar-refractivity contribution is 7.89. The van der Waals surface area contributed by atoms with Crippen molar-refractivity contribution >= 4 is 21.6 Å². The fourth-order valence-corrected chi connectivity index (χ4v) is 5.27. The second-order valence-electron chi connectivity index (χ2n) is 8.35. The molecule has 0 aliphatic carbocycles. The number of para-hydroxylation sites is 1. The number of carbonyl (C=O) groups is 1. The van der Waals surface area contributed by atoms with Crippen LogP contribution in [0.15, 0.2) is 41.3 Å². The number of rotatable bonds is 8. The van der Waals surface area contributed by atoms with Gasteiger partial charge in [0.2, 0.25) is 10.0 Å². The third-order valence-corrected chi connectivity index (χ3v) is 7.19. The molecule has 8 heteroatoms. The van der Waals surface area contributed by atoms with Gasteiger partial charge in [0.15, 0.2) is 6.61 Å². The first-order valence-electron chi connectivity index (χ1n) is 11.0. The number of hydrogen-bond acceptors (Lipinski definition) is 5. The maximum absolute atomic E-state index is 13.1. The Kier molecular flexibility index (Phi) is 7.79. The minimum atomic E-state index is -3.64. The fourth-order valence-electron chi connectivity index (χ4n) is 3.73. The van der Waals surface area contributed by atoms with E-state index in [4.69, 9.17) is 9.47 Å². The van der Waals surface area contributed by atoms with Crippen molar-refractivity contribution in [2.24, 2.45) is 0 Å². The molecule has 32 heavy (non-hydrogen) atoms. The van der Waals surface area contributed by atoms with Crippen LogP contribution in [0.4, 0.5) is 5.69 Å². The van der Waals surface area contributed by atoms with Crippen molar-refractivity contribution in [3.05, 3.63) is 47.5 Å². The second-order valence-corrected chi connectivity index (χ2v) is 10.3. The van der Waals surface area contributed by atoms with Gasteiger partial charge in [0, 0.05) is 13.1 Å². The number of aryl methyl sites for hydroxylation is 2. The zero-order chi connectivity index (χ0) is 23.3. The van der Waals surface area contributed by atoms with Gasteiger partial charge in [-0.1, -0.05) is 24.6 Å². The molecule has 1 fully saturated rings. The topological polar surface area (TPSA) is 84.9 Å². The van der Waals surface area contributed by atoms with E-state index in [1.54, 1.807) is 6.07 Å². The van der Waals surface area contributed by atoms with Gasteiger partial charge in [0.25, 0.3) is 5.91 Å². The maximum atomic E-state index is 13.1. The van der Waals surface area contributed by atoms with Gasteiger partial charge in [-0.2, -0.15) is 4.31 Å². The Balaban J connectivity index is 1.81. The molecule has 7 nitrogen and oxygen atoms in total. The average Bonchev–Trinajstić information content (AvgIpc) is 2.75. The van der Waals surface area contributed by atoms with Crippen LogP contribution < -0.4 is 14.8 Å². The lowest BCUT2D eigenvalue weighted by Gasteiger charge is -2.26. The monoisotopic (exact) mass is 460 g/mol. The van der Waals surface area contributed by atoms with E-state index in [0.717, 1.165) is 30.4 Å². The molecule has 0 spiro atoms. The lowest BCUT2D eigenvalue weighted by atomic mass is 10.1. The van der Waals surface area contributed by atoms with Crippen LogP contribution in [0, 0.1) is 13.8 Å². The van der Waals surface area contributed by atoms with Crippen LogP contribution in [0.5, 0.6) is 11.5 Å². The smallest absolute Gasteiger partial charge is 0.262 e. The first-order chi connectivity index (χ1) is 15.2. The number of anilines is 1. The standard InChI is InChI=1S/C24H32N2O5S/c1-17(2)31-22-12-11-20(32(28,29)26-13-6-5-7-14-26)15-21(22)25-23(27)16-30-24-18(3)9-8-10-19(24)4/h8-12,15,17H,5-7,13-14,16H2,1-4H3,(H,25,27). The molecule has 1 aliphatic heterocycles. The highest BCUT2D eigenvalue weighted by Gasteiger charge is 2.27. The number of piperidine rings is 1. The zero-order valence-corrected chi connectivity index (χ0v) is 20.0. The Bertz CT molecular complexity index is 1040. The Morgan fingerprint density at radius 3 is 2.34 bits per heavy atom. The number of benzene rings is 2. The molecule has 1 amide bonds. The Hall–Kier alpha value is -2.58. The van der Waals surface area contributed by atoms with Gasteiger partial charge in [0.1, 0.15) is 11.5 Å². The molecular formula is C24H32N2O5S. The Labute approximate surface area is 190 Å². The molecule has 0 radical (unpaired) electrons. The van der Waals surface area contributed by atoms with Crippen LogP contribution in [0.2, 0.25) is 0 Å². The molecule has 2 aromatic rings. The predicted molar refractivity (Wildman–Crippen MR) is 125 cm³/mol. The van der Waals surface area contributed by atoms with Crippen molar-refractivity contribution in [3.8, 4) is 11.5 Å². The van der Waals surface area contributed by atoms with Crippen LogP contribution in [-0.4, -0.2) is 44.4 Å². The highest BCUT2D eigenvalue weighted by atomic mass is 32.2. The fraction of sp³-hybridized carbons (Fsp3) is 0.458. The first-order valence-corrected chi connectivity index (χ1v) is 12.4. The van der Waals surface area contributed by atoms with E-state index >= 15 is 0 Å². The van der Waals surface area contributed by atoms with E-state index < -0.39 is 15.9 Å². The van der Waals surface area contributed by atoms with Crippen molar-refractivity contribution in [3.63, 3.8) is 0 Å². The molecule has 1 saturated heterocycles. The maximum Gasteiger partial charge on any atom is 0.262 e. The number of nitrogens with one attached hydrogen (secondary N) is 1. The summed E-state index contributed by atoms with van der Waals surface area (Å²) in [6.45, 7) is 8.40. The predicted octanol–water partition coefficient (Wildman–Crippen LogP) is 4.28. The van der Waals surface area contributed by atoms with E-state index in [9.17, 15) is 13.2 Å². The quantitative estimate of drug-likeness (QED) is 0.635. The zero-order valence-electron chi connectivity index (χ0n) is 19.2. The number of sulfonamides is 1. The van der Waals surface area contributed by atoms with Gasteiger partial charge in [-0.3, -0.25) is 4.79 Å². The molecule has 0 unspecified atom stereocenters. The second kappa shape index (κ2) is 10.4. The largest absolute Gasteiger partial charge is 0.489 e. The van der Waals surface area contributed by atoms with Crippen molar-refractivity contribution in [1.29, 1.82) is 0 Å². The van der Waals surface area contributed by atoms with Crippen LogP contribution in [0.3, 0.4) is 0 Å². The van der Waals surface area contributed by atoms with Gasteiger partial charge < -0.3 is 14.8 Å². The third kappa shape index (κ3) is 5.81. The van der Waals surface area contributed by atoms with E-state index in [1.807, 2.05) is 45.9 Å². The number of ether oxygens (including phenoxy) is 2. The first kappa shape index (κ1) is 24.1. The molecule has 0 saturated carbocycles. The Morgan fingerprint density at radius 1 is 1.06 bits per heavy atom. The molecule has 0 atom stereocenters. The number of carbonyl (C=O) groups excluding carboxylic acids is 1. The van der Waals surface area contributed by atoms with Gasteiger partial charge >= 0.3 is 0 Å². The summed E-state index contributed by atoms with van der Waals surface area (Å²) in [5.41, 5.74) is 2.19. The summed E-state index contributed by atoms with van der Waals surface area (Å²) >= 11 is 0. The molecule has 0 bridgehead atoms. The van der Waals surface area contributed by atoms with Crippen LogP contribution >= 0.6 is 0 Å². The van der Waals surface area contributed by atoms with E-state index in [0.29, 0.717) is 30.3 Å². The summed E-state index contributed by atoms with van der Waals surface area (Å²) in [6, 6.07) is 10.4. The SMILES string of the molecule is Cc1cccc(C)c1OCC(=O)Nc1cc(S(=O)(=O)N2CCCCC2)ccc1OC(C)C. The van der Waals surface area contributed by atoms with Crippen molar-refractivity contribution in [1.82, 2.24) is 4.31 Å². The van der Waals surface area contributed by atoms with Crippen molar-refractivity contribution in [2.75, 3.05) is 25.0 Å². The van der Waals surface area contributed by atoms with E-state index in [-0.39, 0.29) is 17.6 Å². The summed E-state index contributed by atoms with van der Waals surface area (Å²) in [6.07, 6.45) is 2.61. The summed E-state index contributed by atoms with van der Waals surface area (Å²) in [4.78, 5) is 12.8. The van der Waals surface area contributed by atoms with E-state index in [1.165, 1.54) is 16.4 Å². The number of hydrogen-bond donors (Lipinski definition) is 1. The molecule has 0 aromatic heterocycles.